The lowest BCUT2D eigenvalue weighted by atomic mass is 10.1. The van der Waals surface area contributed by atoms with Gasteiger partial charge in [-0.3, -0.25) is 0 Å². The zero-order valence-corrected chi connectivity index (χ0v) is 9.11. The summed E-state index contributed by atoms with van der Waals surface area (Å²) in [5.74, 6) is 0.797. The van der Waals surface area contributed by atoms with Crippen LogP contribution in [0.15, 0.2) is 18.5 Å². The van der Waals surface area contributed by atoms with Gasteiger partial charge in [-0.25, -0.2) is 9.97 Å². The number of nitrogens with one attached hydrogen (secondary N) is 1. The van der Waals surface area contributed by atoms with E-state index in [9.17, 15) is 0 Å². The average molecular weight is 232 g/mol. The maximum atomic E-state index is 5.69. The highest BCUT2D eigenvalue weighted by Crippen LogP contribution is 2.15. The Hall–Kier alpha value is -0.640. The van der Waals surface area contributed by atoms with Crippen molar-refractivity contribution in [1.82, 2.24) is 15.3 Å². The lowest BCUT2D eigenvalue weighted by molar-refractivity contribution is 0.734. The molecule has 1 aliphatic rings. The quantitative estimate of drug-likeness (QED) is 0.803. The summed E-state index contributed by atoms with van der Waals surface area (Å²) >= 11 is 5.69. The Bertz CT molecular complexity index is 321. The topological polar surface area (TPSA) is 37.8 Å². The first-order chi connectivity index (χ1) is 6.36. The van der Waals surface area contributed by atoms with Gasteiger partial charge in [-0.1, -0.05) is 17.7 Å². The van der Waals surface area contributed by atoms with Crippen LogP contribution < -0.4 is 5.32 Å². The highest BCUT2D eigenvalue weighted by molar-refractivity contribution is 6.30. The Balaban J connectivity index is 0.000000980. The fraction of sp³-hybridized carbons (Fsp3) is 0.333. The van der Waals surface area contributed by atoms with Crippen molar-refractivity contribution < 1.29 is 0 Å². The maximum Gasteiger partial charge on any atom is 0.154 e. The fourth-order valence-corrected chi connectivity index (χ4v) is 1.40. The van der Waals surface area contributed by atoms with Crippen LogP contribution in [0, 0.1) is 0 Å². The number of rotatable bonds is 1. The molecule has 0 fully saturated rings. The van der Waals surface area contributed by atoms with Crippen molar-refractivity contribution in [3.63, 3.8) is 0 Å². The molecule has 0 bridgehead atoms. The maximum absolute atomic E-state index is 5.69. The third-order valence-electron chi connectivity index (χ3n) is 1.97. The molecule has 0 aromatic carbocycles. The van der Waals surface area contributed by atoms with Crippen LogP contribution in [0.1, 0.15) is 12.2 Å². The molecule has 0 unspecified atom stereocenters. The SMILES string of the molecule is Cl.Clc1cnc(C2=CCNCC2)nc1. The summed E-state index contributed by atoms with van der Waals surface area (Å²) in [6.45, 7) is 1.90. The Labute approximate surface area is 94.0 Å². The van der Waals surface area contributed by atoms with Crippen molar-refractivity contribution >= 4 is 29.6 Å². The standard InChI is InChI=1S/C9H10ClN3.ClH/c10-8-5-12-9(13-6-8)7-1-3-11-4-2-7;/h1,5-6,11H,2-4H2;1H. The predicted octanol–water partition coefficient (Wildman–Crippen LogP) is 1.93. The van der Waals surface area contributed by atoms with E-state index >= 15 is 0 Å². The van der Waals surface area contributed by atoms with E-state index < -0.39 is 0 Å². The fourth-order valence-electron chi connectivity index (χ4n) is 1.30. The molecule has 0 atom stereocenters. The third-order valence-corrected chi connectivity index (χ3v) is 2.17. The highest BCUT2D eigenvalue weighted by Gasteiger charge is 2.07. The smallest absolute Gasteiger partial charge is 0.154 e. The molecule has 3 nitrogen and oxygen atoms in total. The highest BCUT2D eigenvalue weighted by atomic mass is 35.5. The molecule has 0 saturated heterocycles. The largest absolute Gasteiger partial charge is 0.313 e. The van der Waals surface area contributed by atoms with Gasteiger partial charge in [-0.15, -0.1) is 12.4 Å². The van der Waals surface area contributed by atoms with E-state index in [1.54, 1.807) is 12.4 Å². The summed E-state index contributed by atoms with van der Waals surface area (Å²) in [4.78, 5) is 8.33. The van der Waals surface area contributed by atoms with Crippen molar-refractivity contribution in [1.29, 1.82) is 0 Å². The van der Waals surface area contributed by atoms with Gasteiger partial charge in [0.05, 0.1) is 5.02 Å². The second kappa shape index (κ2) is 5.29. The molecule has 1 N–H and O–H groups in total. The Morgan fingerprint density at radius 2 is 2.00 bits per heavy atom. The van der Waals surface area contributed by atoms with E-state index in [1.165, 1.54) is 5.57 Å². The second-order valence-corrected chi connectivity index (χ2v) is 3.34. The van der Waals surface area contributed by atoms with E-state index in [4.69, 9.17) is 11.6 Å². The molecule has 5 heteroatoms. The molecule has 0 spiro atoms. The van der Waals surface area contributed by atoms with E-state index in [1.807, 2.05) is 0 Å². The summed E-state index contributed by atoms with van der Waals surface area (Å²) in [5.41, 5.74) is 1.20. The molecule has 1 aliphatic heterocycles. The molecule has 0 radical (unpaired) electrons. The lowest BCUT2D eigenvalue weighted by Gasteiger charge is -2.12. The minimum atomic E-state index is 0. The molecule has 14 heavy (non-hydrogen) atoms. The monoisotopic (exact) mass is 231 g/mol. The first-order valence-corrected chi connectivity index (χ1v) is 4.62. The number of hydrogen-bond acceptors (Lipinski definition) is 3. The van der Waals surface area contributed by atoms with Crippen LogP contribution in [0.4, 0.5) is 0 Å². The summed E-state index contributed by atoms with van der Waals surface area (Å²) in [6.07, 6.45) is 6.37. The van der Waals surface area contributed by atoms with Crippen LogP contribution in [-0.2, 0) is 0 Å². The van der Waals surface area contributed by atoms with E-state index in [2.05, 4.69) is 21.4 Å². The zero-order valence-electron chi connectivity index (χ0n) is 7.53. The Kier molecular flexibility index (Phi) is 4.32. The molecular formula is C9H11Cl2N3. The summed E-state index contributed by atoms with van der Waals surface area (Å²) in [6, 6.07) is 0. The van der Waals surface area contributed by atoms with E-state index in [0.29, 0.717) is 5.02 Å². The van der Waals surface area contributed by atoms with Crippen molar-refractivity contribution in [2.45, 2.75) is 6.42 Å². The molecule has 0 amide bonds. The Morgan fingerprint density at radius 1 is 1.29 bits per heavy atom. The minimum Gasteiger partial charge on any atom is -0.313 e. The van der Waals surface area contributed by atoms with Crippen LogP contribution in [0.5, 0.6) is 0 Å². The molecule has 2 heterocycles. The molecular weight excluding hydrogens is 221 g/mol. The van der Waals surface area contributed by atoms with Gasteiger partial charge in [0.2, 0.25) is 0 Å². The normalized spacial score (nSPS) is 15.6. The predicted molar refractivity (Wildman–Crippen MR) is 59.8 cm³/mol. The molecule has 0 aliphatic carbocycles. The van der Waals surface area contributed by atoms with Crippen molar-refractivity contribution in [3.05, 3.63) is 29.3 Å². The van der Waals surface area contributed by atoms with Crippen LogP contribution in [0.25, 0.3) is 5.57 Å². The molecule has 0 saturated carbocycles. The molecule has 1 aromatic heterocycles. The van der Waals surface area contributed by atoms with Gasteiger partial charge >= 0.3 is 0 Å². The molecule has 76 valence electrons. The third kappa shape index (κ3) is 2.67. The lowest BCUT2D eigenvalue weighted by Crippen LogP contribution is -2.20. The van der Waals surface area contributed by atoms with Gasteiger partial charge in [0, 0.05) is 18.9 Å². The van der Waals surface area contributed by atoms with E-state index in [0.717, 1.165) is 25.3 Å². The van der Waals surface area contributed by atoms with Crippen LogP contribution in [0.2, 0.25) is 5.02 Å². The molecule has 1 aromatic rings. The first-order valence-electron chi connectivity index (χ1n) is 4.24. The van der Waals surface area contributed by atoms with Gasteiger partial charge < -0.3 is 5.32 Å². The number of aromatic nitrogens is 2. The zero-order chi connectivity index (χ0) is 9.10. The Morgan fingerprint density at radius 3 is 2.57 bits per heavy atom. The van der Waals surface area contributed by atoms with Gasteiger partial charge in [0.1, 0.15) is 0 Å². The number of nitrogens with zero attached hydrogens (tertiary/aromatic N) is 2. The van der Waals surface area contributed by atoms with E-state index in [-0.39, 0.29) is 12.4 Å². The number of halogens is 2. The minimum absolute atomic E-state index is 0. The van der Waals surface area contributed by atoms with Crippen LogP contribution >= 0.6 is 24.0 Å². The average Bonchev–Trinajstić information content (AvgIpc) is 2.20. The first kappa shape index (κ1) is 11.4. The van der Waals surface area contributed by atoms with Crippen LogP contribution in [0.3, 0.4) is 0 Å². The van der Waals surface area contributed by atoms with Gasteiger partial charge in [-0.2, -0.15) is 0 Å². The van der Waals surface area contributed by atoms with Crippen molar-refractivity contribution in [2.24, 2.45) is 0 Å². The second-order valence-electron chi connectivity index (χ2n) is 2.91. The summed E-state index contributed by atoms with van der Waals surface area (Å²) in [7, 11) is 0. The van der Waals surface area contributed by atoms with Crippen molar-refractivity contribution in [2.75, 3.05) is 13.1 Å². The van der Waals surface area contributed by atoms with Crippen LogP contribution in [-0.4, -0.2) is 23.1 Å². The van der Waals surface area contributed by atoms with Crippen molar-refractivity contribution in [3.8, 4) is 0 Å². The molecule has 2 rings (SSSR count). The number of hydrogen-bond donors (Lipinski definition) is 1. The van der Waals surface area contributed by atoms with Gasteiger partial charge in [-0.05, 0) is 18.5 Å². The summed E-state index contributed by atoms with van der Waals surface area (Å²) in [5, 5.41) is 3.82. The van der Waals surface area contributed by atoms with Gasteiger partial charge in [0.25, 0.3) is 0 Å². The van der Waals surface area contributed by atoms with Gasteiger partial charge in [0.15, 0.2) is 5.82 Å². The summed E-state index contributed by atoms with van der Waals surface area (Å²) < 4.78 is 0.